The first kappa shape index (κ1) is 13.4. The van der Waals surface area contributed by atoms with Gasteiger partial charge in [0, 0.05) is 19.6 Å². The van der Waals surface area contributed by atoms with Crippen LogP contribution in [0.15, 0.2) is 24.3 Å². The maximum atomic E-state index is 9.86. The standard InChI is InChI=1S/C15H23NO2/c1-13-5-3-6-14(11-13)18-10-4-8-16-9-7-15(2,17)12-16/h3,5-6,11,17H,4,7-10,12H2,1-2H3. The minimum atomic E-state index is -0.489. The predicted molar refractivity (Wildman–Crippen MR) is 73.0 cm³/mol. The highest BCUT2D eigenvalue weighted by molar-refractivity contribution is 5.27. The highest BCUT2D eigenvalue weighted by Gasteiger charge is 2.30. The van der Waals surface area contributed by atoms with E-state index in [1.807, 2.05) is 19.1 Å². The molecule has 1 aromatic carbocycles. The van der Waals surface area contributed by atoms with Crippen LogP contribution < -0.4 is 4.74 Å². The number of hydrogen-bond acceptors (Lipinski definition) is 3. The Morgan fingerprint density at radius 1 is 1.44 bits per heavy atom. The summed E-state index contributed by atoms with van der Waals surface area (Å²) in [4.78, 5) is 2.31. The van der Waals surface area contributed by atoms with Gasteiger partial charge in [0.15, 0.2) is 0 Å². The summed E-state index contributed by atoms with van der Waals surface area (Å²) in [6.07, 6.45) is 1.88. The molecule has 2 rings (SSSR count). The molecule has 1 N–H and O–H groups in total. The van der Waals surface area contributed by atoms with Crippen LogP contribution in [0.25, 0.3) is 0 Å². The van der Waals surface area contributed by atoms with E-state index in [9.17, 15) is 5.11 Å². The number of aryl methyl sites for hydroxylation is 1. The molecule has 1 aliphatic rings. The maximum Gasteiger partial charge on any atom is 0.119 e. The van der Waals surface area contributed by atoms with Crippen LogP contribution in [0.1, 0.15) is 25.3 Å². The maximum absolute atomic E-state index is 9.86. The Morgan fingerprint density at radius 2 is 2.28 bits per heavy atom. The average molecular weight is 249 g/mol. The summed E-state index contributed by atoms with van der Waals surface area (Å²) in [7, 11) is 0. The third-order valence-electron chi connectivity index (χ3n) is 3.41. The van der Waals surface area contributed by atoms with E-state index in [1.165, 1.54) is 5.56 Å². The van der Waals surface area contributed by atoms with Gasteiger partial charge in [0.25, 0.3) is 0 Å². The molecular formula is C15H23NO2. The van der Waals surface area contributed by atoms with Crippen molar-refractivity contribution in [3.63, 3.8) is 0 Å². The molecule has 0 radical (unpaired) electrons. The first-order valence-corrected chi connectivity index (χ1v) is 6.69. The molecule has 100 valence electrons. The second kappa shape index (κ2) is 5.72. The van der Waals surface area contributed by atoms with Crippen molar-refractivity contribution in [2.75, 3.05) is 26.2 Å². The van der Waals surface area contributed by atoms with E-state index < -0.39 is 5.60 Å². The van der Waals surface area contributed by atoms with Crippen molar-refractivity contribution >= 4 is 0 Å². The van der Waals surface area contributed by atoms with E-state index in [2.05, 4.69) is 24.0 Å². The molecule has 0 aromatic heterocycles. The smallest absolute Gasteiger partial charge is 0.119 e. The van der Waals surface area contributed by atoms with Crippen molar-refractivity contribution in [1.29, 1.82) is 0 Å². The number of rotatable bonds is 5. The third-order valence-corrected chi connectivity index (χ3v) is 3.41. The molecule has 0 aliphatic carbocycles. The fraction of sp³-hybridized carbons (Fsp3) is 0.600. The SMILES string of the molecule is Cc1cccc(OCCCN2CCC(C)(O)C2)c1. The van der Waals surface area contributed by atoms with E-state index in [4.69, 9.17) is 4.74 Å². The van der Waals surface area contributed by atoms with Gasteiger partial charge in [0.2, 0.25) is 0 Å². The summed E-state index contributed by atoms with van der Waals surface area (Å²) in [6.45, 7) is 7.51. The Balaban J connectivity index is 1.65. The summed E-state index contributed by atoms with van der Waals surface area (Å²) in [6, 6.07) is 8.13. The number of ether oxygens (including phenoxy) is 1. The van der Waals surface area contributed by atoms with Gasteiger partial charge < -0.3 is 14.7 Å². The molecule has 0 bridgehead atoms. The molecule has 3 heteroatoms. The lowest BCUT2D eigenvalue weighted by molar-refractivity contribution is 0.0681. The molecule has 1 unspecified atom stereocenters. The molecule has 1 saturated heterocycles. The number of hydrogen-bond donors (Lipinski definition) is 1. The summed E-state index contributed by atoms with van der Waals surface area (Å²) < 4.78 is 5.71. The molecule has 0 amide bonds. The third kappa shape index (κ3) is 4.00. The van der Waals surface area contributed by atoms with Crippen LogP contribution >= 0.6 is 0 Å². The normalized spacial score (nSPS) is 24.4. The average Bonchev–Trinajstić information content (AvgIpc) is 2.65. The number of likely N-dealkylation sites (tertiary alicyclic amines) is 1. The quantitative estimate of drug-likeness (QED) is 0.812. The van der Waals surface area contributed by atoms with Crippen molar-refractivity contribution in [3.8, 4) is 5.75 Å². The molecule has 1 heterocycles. The highest BCUT2D eigenvalue weighted by atomic mass is 16.5. The lowest BCUT2D eigenvalue weighted by Gasteiger charge is -2.18. The molecule has 3 nitrogen and oxygen atoms in total. The molecular weight excluding hydrogens is 226 g/mol. The number of aliphatic hydroxyl groups is 1. The first-order chi connectivity index (χ1) is 8.55. The van der Waals surface area contributed by atoms with Crippen molar-refractivity contribution in [3.05, 3.63) is 29.8 Å². The Morgan fingerprint density at radius 3 is 2.94 bits per heavy atom. The van der Waals surface area contributed by atoms with E-state index in [1.54, 1.807) is 0 Å². The Kier molecular flexibility index (Phi) is 4.25. The van der Waals surface area contributed by atoms with Gasteiger partial charge in [-0.15, -0.1) is 0 Å². The van der Waals surface area contributed by atoms with Gasteiger partial charge in [-0.1, -0.05) is 12.1 Å². The Hall–Kier alpha value is -1.06. The van der Waals surface area contributed by atoms with Crippen molar-refractivity contribution in [1.82, 2.24) is 4.90 Å². The molecule has 1 aromatic rings. The lowest BCUT2D eigenvalue weighted by Crippen LogP contribution is -2.30. The zero-order chi connectivity index (χ0) is 13.0. The lowest BCUT2D eigenvalue weighted by atomic mass is 10.1. The topological polar surface area (TPSA) is 32.7 Å². The Bertz CT molecular complexity index is 390. The fourth-order valence-electron chi connectivity index (χ4n) is 2.41. The second-order valence-corrected chi connectivity index (χ2v) is 5.54. The minimum absolute atomic E-state index is 0.489. The summed E-state index contributed by atoms with van der Waals surface area (Å²) in [5.41, 5.74) is 0.736. The second-order valence-electron chi connectivity index (χ2n) is 5.54. The van der Waals surface area contributed by atoms with Crippen molar-refractivity contribution in [2.24, 2.45) is 0 Å². The van der Waals surface area contributed by atoms with Gasteiger partial charge in [0.05, 0.1) is 12.2 Å². The van der Waals surface area contributed by atoms with Gasteiger partial charge in [-0.05, 0) is 44.4 Å². The van der Waals surface area contributed by atoms with Gasteiger partial charge in [0.1, 0.15) is 5.75 Å². The molecule has 0 saturated carbocycles. The van der Waals surface area contributed by atoms with E-state index in [0.29, 0.717) is 0 Å². The predicted octanol–water partition coefficient (Wildman–Crippen LogP) is 2.22. The molecule has 0 spiro atoms. The largest absolute Gasteiger partial charge is 0.494 e. The van der Waals surface area contributed by atoms with Gasteiger partial charge in [-0.2, -0.15) is 0 Å². The van der Waals surface area contributed by atoms with Crippen molar-refractivity contribution in [2.45, 2.75) is 32.3 Å². The summed E-state index contributed by atoms with van der Waals surface area (Å²) >= 11 is 0. The molecule has 1 aliphatic heterocycles. The zero-order valence-electron chi connectivity index (χ0n) is 11.4. The van der Waals surface area contributed by atoms with Crippen LogP contribution in [0.2, 0.25) is 0 Å². The fourth-order valence-corrected chi connectivity index (χ4v) is 2.41. The number of nitrogens with zero attached hydrogens (tertiary/aromatic N) is 1. The van der Waals surface area contributed by atoms with Crippen LogP contribution in [-0.2, 0) is 0 Å². The molecule has 1 atom stereocenters. The zero-order valence-corrected chi connectivity index (χ0v) is 11.4. The van der Waals surface area contributed by atoms with Crippen LogP contribution in [0.4, 0.5) is 0 Å². The van der Waals surface area contributed by atoms with E-state index >= 15 is 0 Å². The van der Waals surface area contributed by atoms with Crippen molar-refractivity contribution < 1.29 is 9.84 Å². The minimum Gasteiger partial charge on any atom is -0.494 e. The highest BCUT2D eigenvalue weighted by Crippen LogP contribution is 2.20. The van der Waals surface area contributed by atoms with Crippen LogP contribution in [0, 0.1) is 6.92 Å². The summed E-state index contributed by atoms with van der Waals surface area (Å²) in [5.74, 6) is 0.948. The van der Waals surface area contributed by atoms with Crippen LogP contribution in [-0.4, -0.2) is 41.8 Å². The number of benzene rings is 1. The molecule has 18 heavy (non-hydrogen) atoms. The van der Waals surface area contributed by atoms with E-state index in [-0.39, 0.29) is 0 Å². The summed E-state index contributed by atoms with van der Waals surface area (Å²) in [5, 5.41) is 9.86. The van der Waals surface area contributed by atoms with E-state index in [0.717, 1.165) is 44.8 Å². The van der Waals surface area contributed by atoms with Crippen LogP contribution in [0.5, 0.6) is 5.75 Å². The molecule has 1 fully saturated rings. The Labute approximate surface area is 109 Å². The first-order valence-electron chi connectivity index (χ1n) is 6.69. The van der Waals surface area contributed by atoms with Gasteiger partial charge in [-0.25, -0.2) is 0 Å². The monoisotopic (exact) mass is 249 g/mol. The van der Waals surface area contributed by atoms with Crippen LogP contribution in [0.3, 0.4) is 0 Å². The number of β-amino-alcohol motifs (C(OH)–C–C–N with tert-alkyl or cyclic N) is 1. The van der Waals surface area contributed by atoms with Gasteiger partial charge >= 0.3 is 0 Å². The van der Waals surface area contributed by atoms with Gasteiger partial charge in [-0.3, -0.25) is 0 Å².